The minimum Gasteiger partial charge on any atom is -0.236 e. The molecule has 0 atom stereocenters. The average molecular weight is 153 g/mol. The quantitative estimate of drug-likeness (QED) is 0.505. The zero-order chi connectivity index (χ0) is 8.27. The predicted octanol–water partition coefficient (Wildman–Crippen LogP) is 2.12. The van der Waals surface area contributed by atoms with Gasteiger partial charge in [-0.1, -0.05) is 6.07 Å². The Bertz CT molecular complexity index is 248. The van der Waals surface area contributed by atoms with Crippen LogP contribution in [0.5, 0.6) is 0 Å². The monoisotopic (exact) mass is 153 g/mol. The van der Waals surface area contributed by atoms with Gasteiger partial charge in [0, 0.05) is 0 Å². The Balaban J connectivity index is 2.86. The third-order valence-corrected chi connectivity index (χ3v) is 1.67. The standard InChI is InChI=1S/C8H11NO2/c1-6-3-4-8(9-11-10)5-7(6)2/h3-5,9-10H,1-2H3. The van der Waals surface area contributed by atoms with Gasteiger partial charge in [-0.25, -0.2) is 10.7 Å². The maximum atomic E-state index is 8.07. The highest BCUT2D eigenvalue weighted by Gasteiger charge is 1.94. The average Bonchev–Trinajstić information content (AvgIpc) is 1.98. The number of hydrogen-bond donors (Lipinski definition) is 2. The Morgan fingerprint density at radius 3 is 2.55 bits per heavy atom. The van der Waals surface area contributed by atoms with Gasteiger partial charge in [0.05, 0.1) is 5.69 Å². The number of anilines is 1. The van der Waals surface area contributed by atoms with E-state index < -0.39 is 0 Å². The molecule has 0 aliphatic heterocycles. The van der Waals surface area contributed by atoms with Crippen LogP contribution in [0.2, 0.25) is 0 Å². The molecule has 3 heteroatoms. The van der Waals surface area contributed by atoms with E-state index in [-0.39, 0.29) is 0 Å². The topological polar surface area (TPSA) is 41.5 Å². The summed E-state index contributed by atoms with van der Waals surface area (Å²) < 4.78 is 0. The van der Waals surface area contributed by atoms with Crippen molar-refractivity contribution in [1.29, 1.82) is 0 Å². The lowest BCUT2D eigenvalue weighted by Gasteiger charge is -2.03. The van der Waals surface area contributed by atoms with Gasteiger partial charge in [0.1, 0.15) is 0 Å². The van der Waals surface area contributed by atoms with Crippen LogP contribution in [0.3, 0.4) is 0 Å². The summed E-state index contributed by atoms with van der Waals surface area (Å²) in [6.07, 6.45) is 0. The molecule has 0 unspecified atom stereocenters. The van der Waals surface area contributed by atoms with Crippen molar-refractivity contribution >= 4 is 5.69 Å². The second-order valence-electron chi connectivity index (χ2n) is 2.49. The van der Waals surface area contributed by atoms with Gasteiger partial charge in [-0.2, -0.15) is 0 Å². The van der Waals surface area contributed by atoms with E-state index in [0.717, 1.165) is 11.3 Å². The Kier molecular flexibility index (Phi) is 2.46. The Morgan fingerprint density at radius 1 is 1.27 bits per heavy atom. The van der Waals surface area contributed by atoms with Crippen molar-refractivity contribution in [1.82, 2.24) is 0 Å². The van der Waals surface area contributed by atoms with Crippen LogP contribution in [0.15, 0.2) is 18.2 Å². The molecular weight excluding hydrogens is 142 g/mol. The van der Waals surface area contributed by atoms with E-state index in [4.69, 9.17) is 5.26 Å². The number of hydrogen-bond acceptors (Lipinski definition) is 3. The molecule has 0 amide bonds. The van der Waals surface area contributed by atoms with Crippen molar-refractivity contribution in [2.75, 3.05) is 5.48 Å². The molecule has 3 nitrogen and oxygen atoms in total. The van der Waals surface area contributed by atoms with Crippen LogP contribution in [-0.4, -0.2) is 5.26 Å². The minimum absolute atomic E-state index is 0.746. The fraction of sp³-hybridized carbons (Fsp3) is 0.250. The first-order chi connectivity index (χ1) is 5.24. The summed E-state index contributed by atoms with van der Waals surface area (Å²) in [5, 5.41) is 8.07. The minimum atomic E-state index is 0.746. The van der Waals surface area contributed by atoms with Crippen LogP contribution in [0.1, 0.15) is 11.1 Å². The first-order valence-corrected chi connectivity index (χ1v) is 3.37. The van der Waals surface area contributed by atoms with Crippen LogP contribution in [-0.2, 0) is 4.99 Å². The predicted molar refractivity (Wildman–Crippen MR) is 43.3 cm³/mol. The number of nitrogens with one attached hydrogen (secondary N) is 1. The number of rotatable bonds is 2. The first-order valence-electron chi connectivity index (χ1n) is 3.37. The maximum absolute atomic E-state index is 8.07. The molecule has 0 fully saturated rings. The van der Waals surface area contributed by atoms with Gasteiger partial charge in [-0.05, 0) is 37.1 Å². The van der Waals surface area contributed by atoms with Crippen LogP contribution in [0.4, 0.5) is 5.69 Å². The fourth-order valence-electron chi connectivity index (χ4n) is 0.858. The van der Waals surface area contributed by atoms with Crippen LogP contribution >= 0.6 is 0 Å². The third-order valence-electron chi connectivity index (χ3n) is 1.67. The van der Waals surface area contributed by atoms with Crippen LogP contribution < -0.4 is 5.48 Å². The number of aryl methyl sites for hydroxylation is 2. The molecule has 60 valence electrons. The summed E-state index contributed by atoms with van der Waals surface area (Å²) in [6.45, 7) is 4.02. The SMILES string of the molecule is Cc1ccc(NOO)cc1C. The van der Waals surface area contributed by atoms with Crippen molar-refractivity contribution in [3.8, 4) is 0 Å². The Hall–Kier alpha value is -1.06. The molecule has 0 aliphatic carbocycles. The van der Waals surface area contributed by atoms with Crippen molar-refractivity contribution < 1.29 is 10.2 Å². The molecule has 1 rings (SSSR count). The lowest BCUT2D eigenvalue weighted by molar-refractivity contribution is -0.215. The van der Waals surface area contributed by atoms with Crippen molar-refractivity contribution in [2.24, 2.45) is 0 Å². The second-order valence-corrected chi connectivity index (χ2v) is 2.49. The summed E-state index contributed by atoms with van der Waals surface area (Å²) in [5.74, 6) is 0. The smallest absolute Gasteiger partial charge is 0.0637 e. The highest BCUT2D eigenvalue weighted by molar-refractivity contribution is 5.46. The number of benzene rings is 1. The van der Waals surface area contributed by atoms with E-state index in [9.17, 15) is 0 Å². The molecule has 0 spiro atoms. The molecule has 0 aromatic heterocycles. The van der Waals surface area contributed by atoms with Crippen molar-refractivity contribution in [3.63, 3.8) is 0 Å². The van der Waals surface area contributed by atoms with Gasteiger partial charge in [0.15, 0.2) is 0 Å². The fourth-order valence-corrected chi connectivity index (χ4v) is 0.858. The zero-order valence-corrected chi connectivity index (χ0v) is 6.59. The summed E-state index contributed by atoms with van der Waals surface area (Å²) >= 11 is 0. The highest BCUT2D eigenvalue weighted by Crippen LogP contribution is 2.13. The largest absolute Gasteiger partial charge is 0.236 e. The molecule has 0 bridgehead atoms. The summed E-state index contributed by atoms with van der Waals surface area (Å²) in [5.41, 5.74) is 5.45. The molecule has 0 saturated heterocycles. The summed E-state index contributed by atoms with van der Waals surface area (Å²) in [6, 6.07) is 5.68. The Morgan fingerprint density at radius 2 is 2.00 bits per heavy atom. The summed E-state index contributed by atoms with van der Waals surface area (Å²) in [4.78, 5) is 3.77. The molecule has 0 radical (unpaired) electrons. The van der Waals surface area contributed by atoms with Crippen molar-refractivity contribution in [3.05, 3.63) is 29.3 Å². The maximum Gasteiger partial charge on any atom is 0.0637 e. The molecule has 2 N–H and O–H groups in total. The molecule has 0 saturated carbocycles. The Labute approximate surface area is 65.5 Å². The van der Waals surface area contributed by atoms with E-state index >= 15 is 0 Å². The van der Waals surface area contributed by atoms with E-state index in [0.29, 0.717) is 0 Å². The lowest BCUT2D eigenvalue weighted by Crippen LogP contribution is -1.96. The molecule has 11 heavy (non-hydrogen) atoms. The van der Waals surface area contributed by atoms with Crippen LogP contribution in [0, 0.1) is 13.8 Å². The highest BCUT2D eigenvalue weighted by atomic mass is 17.2. The normalized spacial score (nSPS) is 9.73. The molecule has 0 aliphatic rings. The molecular formula is C8H11NO2. The molecule has 1 aromatic carbocycles. The second kappa shape index (κ2) is 3.37. The van der Waals surface area contributed by atoms with Gasteiger partial charge in [-0.3, -0.25) is 0 Å². The first kappa shape index (κ1) is 8.04. The van der Waals surface area contributed by atoms with Gasteiger partial charge < -0.3 is 0 Å². The van der Waals surface area contributed by atoms with Crippen LogP contribution in [0.25, 0.3) is 0 Å². The molecule has 1 aromatic rings. The third kappa shape index (κ3) is 1.93. The van der Waals surface area contributed by atoms with Gasteiger partial charge in [-0.15, -0.1) is 4.99 Å². The van der Waals surface area contributed by atoms with E-state index in [1.54, 1.807) is 0 Å². The van der Waals surface area contributed by atoms with E-state index in [1.165, 1.54) is 5.56 Å². The van der Waals surface area contributed by atoms with Gasteiger partial charge in [0.2, 0.25) is 0 Å². The van der Waals surface area contributed by atoms with Crippen molar-refractivity contribution in [2.45, 2.75) is 13.8 Å². The van der Waals surface area contributed by atoms with E-state index in [1.807, 2.05) is 32.0 Å². The van der Waals surface area contributed by atoms with E-state index in [2.05, 4.69) is 10.5 Å². The van der Waals surface area contributed by atoms with Gasteiger partial charge in [0.25, 0.3) is 0 Å². The lowest BCUT2D eigenvalue weighted by atomic mass is 10.1. The molecule has 0 heterocycles. The van der Waals surface area contributed by atoms with Gasteiger partial charge >= 0.3 is 0 Å². The zero-order valence-electron chi connectivity index (χ0n) is 6.59. The summed E-state index contributed by atoms with van der Waals surface area (Å²) in [7, 11) is 0.